The number of hydrogen-bond donors (Lipinski definition) is 1. The zero-order valence-corrected chi connectivity index (χ0v) is 14.3. The SMILES string of the molecule is O=C(Cn1c(=O)n(C2CCCC2)c2ncccc21)NC[C@@H]1CCCO1. The maximum Gasteiger partial charge on any atom is 0.331 e. The second-order valence-electron chi connectivity index (χ2n) is 6.96. The summed E-state index contributed by atoms with van der Waals surface area (Å²) in [6.07, 6.45) is 8.10. The van der Waals surface area contributed by atoms with Gasteiger partial charge in [0.25, 0.3) is 0 Å². The first-order chi connectivity index (χ1) is 12.2. The monoisotopic (exact) mass is 344 g/mol. The van der Waals surface area contributed by atoms with Gasteiger partial charge in [-0.25, -0.2) is 9.78 Å². The van der Waals surface area contributed by atoms with E-state index in [9.17, 15) is 9.59 Å². The van der Waals surface area contributed by atoms with Crippen LogP contribution in [-0.2, 0) is 16.1 Å². The topological polar surface area (TPSA) is 78.2 Å². The smallest absolute Gasteiger partial charge is 0.331 e. The Bertz CT molecular complexity index is 813. The number of amides is 1. The third kappa shape index (κ3) is 3.20. The van der Waals surface area contributed by atoms with E-state index in [-0.39, 0.29) is 30.3 Å². The van der Waals surface area contributed by atoms with Crippen LogP contribution in [0.25, 0.3) is 11.2 Å². The number of rotatable bonds is 5. The predicted octanol–water partition coefficient (Wildman–Crippen LogP) is 1.61. The van der Waals surface area contributed by atoms with Gasteiger partial charge in [0.1, 0.15) is 6.54 Å². The normalized spacial score (nSPS) is 21.2. The van der Waals surface area contributed by atoms with Crippen molar-refractivity contribution >= 4 is 17.1 Å². The minimum absolute atomic E-state index is 0.0213. The minimum atomic E-state index is -0.160. The van der Waals surface area contributed by atoms with Gasteiger partial charge in [-0.05, 0) is 37.8 Å². The van der Waals surface area contributed by atoms with Crippen molar-refractivity contribution in [1.29, 1.82) is 0 Å². The third-order valence-corrected chi connectivity index (χ3v) is 5.26. The quantitative estimate of drug-likeness (QED) is 0.894. The van der Waals surface area contributed by atoms with Gasteiger partial charge in [0.2, 0.25) is 5.91 Å². The van der Waals surface area contributed by atoms with Crippen LogP contribution >= 0.6 is 0 Å². The summed E-state index contributed by atoms with van der Waals surface area (Å²) in [4.78, 5) is 29.7. The fraction of sp³-hybridized carbons (Fsp3) is 0.611. The lowest BCUT2D eigenvalue weighted by Crippen LogP contribution is -2.37. The minimum Gasteiger partial charge on any atom is -0.376 e. The summed E-state index contributed by atoms with van der Waals surface area (Å²) in [5.74, 6) is -0.160. The summed E-state index contributed by atoms with van der Waals surface area (Å²) in [7, 11) is 0. The number of pyridine rings is 1. The summed E-state index contributed by atoms with van der Waals surface area (Å²) < 4.78 is 8.86. The molecule has 1 amide bonds. The molecule has 134 valence electrons. The van der Waals surface area contributed by atoms with E-state index in [1.54, 1.807) is 15.3 Å². The largest absolute Gasteiger partial charge is 0.376 e. The molecule has 0 radical (unpaired) electrons. The highest BCUT2D eigenvalue weighted by Gasteiger charge is 2.25. The van der Waals surface area contributed by atoms with Crippen molar-refractivity contribution in [2.45, 2.75) is 57.2 Å². The highest BCUT2D eigenvalue weighted by Crippen LogP contribution is 2.30. The molecule has 0 unspecified atom stereocenters. The van der Waals surface area contributed by atoms with Gasteiger partial charge in [-0.15, -0.1) is 0 Å². The van der Waals surface area contributed by atoms with Crippen molar-refractivity contribution in [2.75, 3.05) is 13.2 Å². The van der Waals surface area contributed by atoms with Crippen LogP contribution in [0.3, 0.4) is 0 Å². The molecule has 2 aromatic heterocycles. The van der Waals surface area contributed by atoms with Crippen molar-refractivity contribution in [2.24, 2.45) is 0 Å². The molecule has 2 aliphatic rings. The Morgan fingerprint density at radius 2 is 2.12 bits per heavy atom. The molecule has 2 aromatic rings. The Morgan fingerprint density at radius 1 is 1.28 bits per heavy atom. The number of carbonyl (C=O) groups is 1. The highest BCUT2D eigenvalue weighted by atomic mass is 16.5. The number of ether oxygens (including phenoxy) is 1. The second kappa shape index (κ2) is 7.00. The van der Waals surface area contributed by atoms with Gasteiger partial charge >= 0.3 is 5.69 Å². The summed E-state index contributed by atoms with van der Waals surface area (Å²) in [6, 6.07) is 3.87. The number of imidazole rings is 1. The zero-order chi connectivity index (χ0) is 17.2. The van der Waals surface area contributed by atoms with Gasteiger partial charge < -0.3 is 10.1 Å². The van der Waals surface area contributed by atoms with Crippen LogP contribution in [0.2, 0.25) is 0 Å². The number of aromatic nitrogens is 3. The van der Waals surface area contributed by atoms with Gasteiger partial charge in [0.15, 0.2) is 5.65 Å². The molecule has 1 aliphatic heterocycles. The molecule has 25 heavy (non-hydrogen) atoms. The molecule has 4 rings (SSSR count). The number of hydrogen-bond acceptors (Lipinski definition) is 4. The lowest BCUT2D eigenvalue weighted by Gasteiger charge is -2.11. The highest BCUT2D eigenvalue weighted by molar-refractivity contribution is 5.79. The van der Waals surface area contributed by atoms with Crippen LogP contribution in [-0.4, -0.2) is 39.3 Å². The average molecular weight is 344 g/mol. The van der Waals surface area contributed by atoms with Crippen molar-refractivity contribution in [3.63, 3.8) is 0 Å². The maximum atomic E-state index is 13.0. The van der Waals surface area contributed by atoms with E-state index in [1.807, 2.05) is 12.1 Å². The van der Waals surface area contributed by atoms with Crippen LogP contribution < -0.4 is 11.0 Å². The Labute approximate surface area is 146 Å². The molecule has 1 atom stereocenters. The van der Waals surface area contributed by atoms with E-state index in [2.05, 4.69) is 10.3 Å². The standard InChI is InChI=1S/C18H24N4O3/c23-16(20-11-14-7-4-10-25-14)12-21-15-8-3-9-19-17(15)22(18(21)24)13-5-1-2-6-13/h3,8-9,13-14H,1-2,4-7,10-12H2,(H,20,23)/t14-/m0/s1. The van der Waals surface area contributed by atoms with Crippen LogP contribution in [0.4, 0.5) is 0 Å². The predicted molar refractivity (Wildman–Crippen MR) is 93.5 cm³/mol. The molecule has 2 fully saturated rings. The molecular formula is C18H24N4O3. The molecule has 0 bridgehead atoms. The van der Waals surface area contributed by atoms with Crippen molar-refractivity contribution in [3.05, 3.63) is 28.8 Å². The molecule has 1 saturated heterocycles. The summed E-state index contributed by atoms with van der Waals surface area (Å²) in [5.41, 5.74) is 1.28. The number of nitrogens with one attached hydrogen (secondary N) is 1. The number of fused-ring (bicyclic) bond motifs is 1. The van der Waals surface area contributed by atoms with E-state index >= 15 is 0 Å². The molecule has 1 saturated carbocycles. The maximum absolute atomic E-state index is 13.0. The van der Waals surface area contributed by atoms with Gasteiger partial charge in [0.05, 0.1) is 11.6 Å². The molecule has 1 aliphatic carbocycles. The van der Waals surface area contributed by atoms with Crippen LogP contribution in [0.15, 0.2) is 23.1 Å². The molecular weight excluding hydrogens is 320 g/mol. The second-order valence-corrected chi connectivity index (χ2v) is 6.96. The zero-order valence-electron chi connectivity index (χ0n) is 14.3. The summed E-state index contributed by atoms with van der Waals surface area (Å²) in [6.45, 7) is 1.29. The first kappa shape index (κ1) is 16.3. The molecule has 3 heterocycles. The summed E-state index contributed by atoms with van der Waals surface area (Å²) in [5, 5.41) is 2.89. The van der Waals surface area contributed by atoms with E-state index in [1.165, 1.54) is 0 Å². The molecule has 7 heteroatoms. The Hall–Kier alpha value is -2.15. The molecule has 1 N–H and O–H groups in total. The Balaban J connectivity index is 1.57. The van der Waals surface area contributed by atoms with Gasteiger partial charge in [0, 0.05) is 25.4 Å². The van der Waals surface area contributed by atoms with Gasteiger partial charge in [-0.2, -0.15) is 0 Å². The number of nitrogens with zero attached hydrogens (tertiary/aromatic N) is 3. The first-order valence-corrected chi connectivity index (χ1v) is 9.18. The fourth-order valence-corrected chi connectivity index (χ4v) is 3.99. The van der Waals surface area contributed by atoms with E-state index in [4.69, 9.17) is 4.74 Å². The van der Waals surface area contributed by atoms with Gasteiger partial charge in [-0.3, -0.25) is 13.9 Å². The van der Waals surface area contributed by atoms with E-state index < -0.39 is 0 Å². The summed E-state index contributed by atoms with van der Waals surface area (Å²) >= 11 is 0. The lowest BCUT2D eigenvalue weighted by molar-refractivity contribution is -0.122. The average Bonchev–Trinajstić information content (AvgIpc) is 3.35. The Kier molecular flexibility index (Phi) is 4.57. The van der Waals surface area contributed by atoms with E-state index in [0.29, 0.717) is 12.2 Å². The van der Waals surface area contributed by atoms with Gasteiger partial charge in [-0.1, -0.05) is 12.8 Å². The molecule has 7 nitrogen and oxygen atoms in total. The number of carbonyl (C=O) groups excluding carboxylic acids is 1. The Morgan fingerprint density at radius 3 is 2.88 bits per heavy atom. The fourth-order valence-electron chi connectivity index (χ4n) is 3.99. The van der Waals surface area contributed by atoms with Crippen molar-refractivity contribution in [1.82, 2.24) is 19.4 Å². The molecule has 0 aromatic carbocycles. The van der Waals surface area contributed by atoms with Crippen LogP contribution in [0, 0.1) is 0 Å². The van der Waals surface area contributed by atoms with Crippen molar-refractivity contribution in [3.8, 4) is 0 Å². The third-order valence-electron chi connectivity index (χ3n) is 5.26. The van der Waals surface area contributed by atoms with E-state index in [0.717, 1.165) is 50.6 Å². The van der Waals surface area contributed by atoms with Crippen molar-refractivity contribution < 1.29 is 9.53 Å². The van der Waals surface area contributed by atoms with Crippen LogP contribution in [0.5, 0.6) is 0 Å². The molecule has 0 spiro atoms. The lowest BCUT2D eigenvalue weighted by atomic mass is 10.2. The van der Waals surface area contributed by atoms with Crippen LogP contribution in [0.1, 0.15) is 44.6 Å². The first-order valence-electron chi connectivity index (χ1n) is 9.18.